The fraction of sp³-hybridized carbons (Fsp3) is 0.300. The number of methoxy groups -OCH3 is 1. The van der Waals surface area contributed by atoms with Crippen LogP contribution in [0, 0.1) is 12.7 Å². The summed E-state index contributed by atoms with van der Waals surface area (Å²) in [5.74, 6) is -0.370. The molecule has 3 nitrogen and oxygen atoms in total. The lowest BCUT2D eigenvalue weighted by Gasteiger charge is -2.08. The lowest BCUT2D eigenvalue weighted by Crippen LogP contribution is -2.03. The number of carbonyl (C=O) groups is 1. The van der Waals surface area contributed by atoms with Crippen LogP contribution in [-0.2, 0) is 4.74 Å². The zero-order valence-corrected chi connectivity index (χ0v) is 8.04. The van der Waals surface area contributed by atoms with Gasteiger partial charge in [-0.25, -0.2) is 4.39 Å². The summed E-state index contributed by atoms with van der Waals surface area (Å²) in [6.45, 7) is 1.71. The van der Waals surface area contributed by atoms with Crippen LogP contribution < -0.4 is 4.74 Å². The molecular weight excluding hydrogens is 187 g/mol. The van der Waals surface area contributed by atoms with E-state index in [2.05, 4.69) is 4.74 Å². The molecule has 0 aliphatic rings. The van der Waals surface area contributed by atoms with E-state index in [1.807, 2.05) is 0 Å². The van der Waals surface area contributed by atoms with Gasteiger partial charge in [0.2, 0.25) is 0 Å². The normalized spacial score (nSPS) is 9.93. The Morgan fingerprint density at radius 2 is 2.21 bits per heavy atom. The molecule has 0 saturated heterocycles. The quantitative estimate of drug-likeness (QED) is 0.547. The van der Waals surface area contributed by atoms with Crippen LogP contribution >= 0.6 is 0 Å². The summed E-state index contributed by atoms with van der Waals surface area (Å²) in [6, 6.07) is 2.87. The Labute approximate surface area is 81.4 Å². The predicted molar refractivity (Wildman–Crippen MR) is 49.0 cm³/mol. The van der Waals surface area contributed by atoms with Crippen LogP contribution in [0.5, 0.6) is 5.75 Å². The van der Waals surface area contributed by atoms with Crippen LogP contribution in [0.1, 0.15) is 15.9 Å². The third-order valence-corrected chi connectivity index (χ3v) is 1.69. The van der Waals surface area contributed by atoms with Crippen LogP contribution in [0.4, 0.5) is 4.39 Å². The van der Waals surface area contributed by atoms with E-state index in [1.54, 1.807) is 13.0 Å². The fourth-order valence-corrected chi connectivity index (χ4v) is 1.08. The van der Waals surface area contributed by atoms with E-state index < -0.39 is 5.82 Å². The number of hydrogen-bond donors (Lipinski definition) is 0. The third-order valence-electron chi connectivity index (χ3n) is 1.69. The van der Waals surface area contributed by atoms with Gasteiger partial charge in [-0.05, 0) is 24.6 Å². The van der Waals surface area contributed by atoms with Crippen molar-refractivity contribution in [1.29, 1.82) is 0 Å². The molecule has 0 amide bonds. The minimum Gasteiger partial charge on any atom is -0.467 e. The number of halogens is 1. The highest BCUT2D eigenvalue weighted by molar-refractivity contribution is 5.79. The monoisotopic (exact) mass is 198 g/mol. The van der Waals surface area contributed by atoms with Gasteiger partial charge in [-0.15, -0.1) is 0 Å². The Bertz CT molecular complexity index is 336. The average molecular weight is 198 g/mol. The van der Waals surface area contributed by atoms with E-state index >= 15 is 0 Å². The largest absolute Gasteiger partial charge is 0.467 e. The number of ether oxygens (including phenoxy) is 2. The van der Waals surface area contributed by atoms with Crippen molar-refractivity contribution >= 4 is 6.29 Å². The first-order valence-corrected chi connectivity index (χ1v) is 4.06. The van der Waals surface area contributed by atoms with Gasteiger partial charge in [0.15, 0.2) is 13.1 Å². The molecule has 4 heteroatoms. The molecule has 0 aliphatic carbocycles. The van der Waals surface area contributed by atoms with Crippen molar-refractivity contribution in [3.8, 4) is 5.75 Å². The molecule has 0 N–H and O–H groups in total. The smallest absolute Gasteiger partial charge is 0.188 e. The topological polar surface area (TPSA) is 35.5 Å². The Morgan fingerprint density at radius 3 is 2.79 bits per heavy atom. The van der Waals surface area contributed by atoms with E-state index in [0.29, 0.717) is 11.8 Å². The Kier molecular flexibility index (Phi) is 3.59. The molecule has 0 atom stereocenters. The molecule has 0 radical (unpaired) electrons. The maximum atomic E-state index is 13.2. The minimum absolute atomic E-state index is 0.0102. The lowest BCUT2D eigenvalue weighted by atomic mass is 10.1. The van der Waals surface area contributed by atoms with Crippen molar-refractivity contribution in [2.45, 2.75) is 6.92 Å². The highest BCUT2D eigenvalue weighted by atomic mass is 19.1. The van der Waals surface area contributed by atoms with Gasteiger partial charge in [0, 0.05) is 7.11 Å². The van der Waals surface area contributed by atoms with Gasteiger partial charge in [0.1, 0.15) is 11.6 Å². The zero-order chi connectivity index (χ0) is 10.6. The van der Waals surface area contributed by atoms with E-state index in [4.69, 9.17) is 4.74 Å². The van der Waals surface area contributed by atoms with Crippen molar-refractivity contribution in [3.63, 3.8) is 0 Å². The maximum absolute atomic E-state index is 13.2. The third kappa shape index (κ3) is 2.29. The van der Waals surface area contributed by atoms with Crippen LogP contribution in [-0.4, -0.2) is 20.2 Å². The molecule has 0 bridgehead atoms. The SMILES string of the molecule is COCOc1cc(C)cc(F)c1C=O. The molecule has 0 heterocycles. The summed E-state index contributed by atoms with van der Waals surface area (Å²) in [5, 5.41) is 0. The molecule has 0 aromatic heterocycles. The highest BCUT2D eigenvalue weighted by Gasteiger charge is 2.09. The second-order valence-electron chi connectivity index (χ2n) is 2.83. The number of carbonyl (C=O) groups excluding carboxylic acids is 1. The standard InChI is InChI=1S/C10H11FO3/c1-7-3-9(11)8(5-12)10(4-7)14-6-13-2/h3-5H,6H2,1-2H3. The number of aldehydes is 1. The van der Waals surface area contributed by atoms with Crippen LogP contribution in [0.15, 0.2) is 12.1 Å². The molecule has 1 aromatic rings. The predicted octanol–water partition coefficient (Wildman–Crippen LogP) is 1.93. The van der Waals surface area contributed by atoms with Crippen LogP contribution in [0.3, 0.4) is 0 Å². The molecule has 1 rings (SSSR count). The molecule has 0 spiro atoms. The van der Waals surface area contributed by atoms with Crippen molar-refractivity contribution in [1.82, 2.24) is 0 Å². The first-order chi connectivity index (χ1) is 6.69. The Morgan fingerprint density at radius 1 is 1.50 bits per heavy atom. The molecular formula is C10H11FO3. The average Bonchev–Trinajstić information content (AvgIpc) is 2.14. The van der Waals surface area contributed by atoms with Gasteiger partial charge in [-0.3, -0.25) is 4.79 Å². The molecule has 1 aromatic carbocycles. The van der Waals surface area contributed by atoms with E-state index in [-0.39, 0.29) is 18.1 Å². The molecule has 0 aliphatic heterocycles. The summed E-state index contributed by atoms with van der Waals surface area (Å²) in [6.07, 6.45) is 0.430. The zero-order valence-electron chi connectivity index (χ0n) is 8.04. The summed E-state index contributed by atoms with van der Waals surface area (Å²) in [4.78, 5) is 10.6. The summed E-state index contributed by atoms with van der Waals surface area (Å²) in [7, 11) is 1.45. The summed E-state index contributed by atoms with van der Waals surface area (Å²) < 4.78 is 22.9. The van der Waals surface area contributed by atoms with Gasteiger partial charge >= 0.3 is 0 Å². The van der Waals surface area contributed by atoms with E-state index in [0.717, 1.165) is 0 Å². The van der Waals surface area contributed by atoms with Gasteiger partial charge in [0.05, 0.1) is 5.56 Å². The van der Waals surface area contributed by atoms with E-state index in [1.165, 1.54) is 13.2 Å². The number of hydrogen-bond acceptors (Lipinski definition) is 3. The molecule has 0 unspecified atom stereocenters. The molecule has 14 heavy (non-hydrogen) atoms. The lowest BCUT2D eigenvalue weighted by molar-refractivity contribution is 0.0502. The maximum Gasteiger partial charge on any atom is 0.188 e. The van der Waals surface area contributed by atoms with Gasteiger partial charge in [0.25, 0.3) is 0 Å². The van der Waals surface area contributed by atoms with Crippen molar-refractivity contribution in [2.24, 2.45) is 0 Å². The Hall–Kier alpha value is -1.42. The Balaban J connectivity index is 3.05. The van der Waals surface area contributed by atoms with Gasteiger partial charge < -0.3 is 9.47 Å². The van der Waals surface area contributed by atoms with Gasteiger partial charge in [-0.2, -0.15) is 0 Å². The molecule has 76 valence electrons. The molecule has 0 saturated carbocycles. The van der Waals surface area contributed by atoms with Crippen molar-refractivity contribution in [3.05, 3.63) is 29.1 Å². The number of aryl methyl sites for hydroxylation is 1. The van der Waals surface area contributed by atoms with E-state index in [9.17, 15) is 9.18 Å². The van der Waals surface area contributed by atoms with Crippen LogP contribution in [0.2, 0.25) is 0 Å². The minimum atomic E-state index is -0.578. The summed E-state index contributed by atoms with van der Waals surface area (Å²) >= 11 is 0. The highest BCUT2D eigenvalue weighted by Crippen LogP contribution is 2.21. The molecule has 0 fully saturated rings. The van der Waals surface area contributed by atoms with Crippen molar-refractivity contribution < 1.29 is 18.7 Å². The number of rotatable bonds is 4. The van der Waals surface area contributed by atoms with Crippen LogP contribution in [0.25, 0.3) is 0 Å². The summed E-state index contributed by atoms with van der Waals surface area (Å²) in [5.41, 5.74) is 0.617. The fourth-order valence-electron chi connectivity index (χ4n) is 1.08. The second kappa shape index (κ2) is 4.72. The number of benzene rings is 1. The van der Waals surface area contributed by atoms with Gasteiger partial charge in [-0.1, -0.05) is 0 Å². The first kappa shape index (κ1) is 10.7. The second-order valence-corrected chi connectivity index (χ2v) is 2.83. The first-order valence-electron chi connectivity index (χ1n) is 4.06. The van der Waals surface area contributed by atoms with Crippen molar-refractivity contribution in [2.75, 3.05) is 13.9 Å².